The van der Waals surface area contributed by atoms with E-state index in [1.54, 1.807) is 5.12 Å². The quantitative estimate of drug-likeness (QED) is 0.802. The Bertz CT molecular complexity index is 648. The van der Waals surface area contributed by atoms with E-state index in [1.807, 2.05) is 19.1 Å². The Morgan fingerprint density at radius 1 is 1.17 bits per heavy atom. The maximum atomic E-state index is 10.8. The lowest BCUT2D eigenvalue weighted by Crippen LogP contribution is -2.36. The van der Waals surface area contributed by atoms with Gasteiger partial charge in [-0.05, 0) is 29.4 Å². The molecule has 0 radical (unpaired) electrons. The van der Waals surface area contributed by atoms with E-state index in [2.05, 4.69) is 64.7 Å². The van der Waals surface area contributed by atoms with Gasteiger partial charge in [0.2, 0.25) is 0 Å². The van der Waals surface area contributed by atoms with E-state index >= 15 is 0 Å². The second-order valence-corrected chi connectivity index (χ2v) is 8.29. The largest absolute Gasteiger partial charge is 0.505 e. The monoisotopic (exact) mass is 315 g/mol. The van der Waals surface area contributed by atoms with E-state index in [-0.39, 0.29) is 22.6 Å². The summed E-state index contributed by atoms with van der Waals surface area (Å²) in [5, 5.41) is 17.0. The van der Waals surface area contributed by atoms with Crippen LogP contribution in [-0.4, -0.2) is 16.9 Å². The van der Waals surface area contributed by atoms with Crippen molar-refractivity contribution in [1.82, 2.24) is 5.43 Å². The molecule has 0 saturated carbocycles. The Labute approximate surface area is 139 Å². The lowest BCUT2D eigenvalue weighted by molar-refractivity contribution is 0.442. The Morgan fingerprint density at radius 3 is 2.22 bits per heavy atom. The lowest BCUT2D eigenvalue weighted by atomic mass is 9.79. The highest BCUT2D eigenvalue weighted by molar-refractivity contribution is 5.92. The third-order valence-electron chi connectivity index (χ3n) is 4.20. The summed E-state index contributed by atoms with van der Waals surface area (Å²) in [6.45, 7) is 18.6. The van der Waals surface area contributed by atoms with Crippen LogP contribution in [0.1, 0.15) is 59.6 Å². The van der Waals surface area contributed by atoms with Crippen molar-refractivity contribution in [3.8, 4) is 5.75 Å². The second kappa shape index (κ2) is 5.68. The van der Waals surface area contributed by atoms with Gasteiger partial charge in [-0.2, -0.15) is 10.2 Å². The number of hydrazone groups is 1. The fraction of sp³-hybridized carbons (Fsp3) is 0.526. The molecule has 1 unspecified atom stereocenters. The first kappa shape index (κ1) is 17.5. The van der Waals surface area contributed by atoms with E-state index in [9.17, 15) is 5.11 Å². The molecule has 0 saturated heterocycles. The average molecular weight is 315 g/mol. The highest BCUT2D eigenvalue weighted by atomic mass is 16.3. The number of hydrogen-bond acceptors (Lipinski definition) is 4. The molecule has 0 aliphatic carbocycles. The van der Waals surface area contributed by atoms with Gasteiger partial charge in [0, 0.05) is 5.56 Å². The van der Waals surface area contributed by atoms with E-state index in [1.165, 1.54) is 5.56 Å². The summed E-state index contributed by atoms with van der Waals surface area (Å²) in [4.78, 5) is 0. The van der Waals surface area contributed by atoms with Crippen molar-refractivity contribution in [1.29, 1.82) is 0 Å². The molecule has 0 aromatic heterocycles. The van der Waals surface area contributed by atoms with Crippen LogP contribution in [-0.2, 0) is 10.8 Å². The van der Waals surface area contributed by atoms with Crippen LogP contribution in [0.4, 0.5) is 5.69 Å². The van der Waals surface area contributed by atoms with Gasteiger partial charge in [0.05, 0.1) is 11.8 Å². The van der Waals surface area contributed by atoms with Crippen molar-refractivity contribution in [3.05, 3.63) is 35.9 Å². The predicted octanol–water partition coefficient (Wildman–Crippen LogP) is 4.24. The summed E-state index contributed by atoms with van der Waals surface area (Å²) >= 11 is 0. The van der Waals surface area contributed by atoms with Crippen molar-refractivity contribution in [2.24, 2.45) is 5.10 Å². The third kappa shape index (κ3) is 3.42. The normalized spacial score (nSPS) is 19.0. The van der Waals surface area contributed by atoms with Gasteiger partial charge in [0.1, 0.15) is 11.4 Å². The summed E-state index contributed by atoms with van der Waals surface area (Å²) in [6.07, 6.45) is 1.81. The summed E-state index contributed by atoms with van der Waals surface area (Å²) in [7, 11) is 0. The van der Waals surface area contributed by atoms with Crippen LogP contribution in [0.2, 0.25) is 0 Å². The summed E-state index contributed by atoms with van der Waals surface area (Å²) in [6, 6.07) is 4.11. The van der Waals surface area contributed by atoms with Crippen molar-refractivity contribution >= 4 is 11.4 Å². The molecular formula is C19H29N3O. The van der Waals surface area contributed by atoms with Crippen molar-refractivity contribution < 1.29 is 5.11 Å². The standard InChI is InChI=1S/C19H29N3O/c1-9-15-12(2)20-22(21-15)16-11-13(18(3,4)5)10-14(17(16)23)19(6,7)8/h9-11,15,21,23H,1H2,2-8H3. The zero-order valence-corrected chi connectivity index (χ0v) is 15.4. The fourth-order valence-corrected chi connectivity index (χ4v) is 2.61. The van der Waals surface area contributed by atoms with Crippen LogP contribution >= 0.6 is 0 Å². The molecule has 1 aromatic carbocycles. The number of hydrazine groups is 1. The Balaban J connectivity index is 2.62. The number of hydrogen-bond donors (Lipinski definition) is 2. The molecule has 2 N–H and O–H groups in total. The molecule has 1 aromatic rings. The molecule has 0 spiro atoms. The number of phenols is 1. The molecule has 23 heavy (non-hydrogen) atoms. The minimum absolute atomic E-state index is 0.00854. The molecule has 2 rings (SSSR count). The summed E-state index contributed by atoms with van der Waals surface area (Å²) in [5.74, 6) is 0.277. The van der Waals surface area contributed by atoms with Gasteiger partial charge in [0.25, 0.3) is 0 Å². The van der Waals surface area contributed by atoms with Gasteiger partial charge in [-0.1, -0.05) is 53.7 Å². The van der Waals surface area contributed by atoms with Gasteiger partial charge in [-0.25, -0.2) is 5.43 Å². The third-order valence-corrected chi connectivity index (χ3v) is 4.20. The number of phenolic OH excluding ortho intramolecular Hbond substituents is 1. The van der Waals surface area contributed by atoms with Crippen molar-refractivity contribution in [3.63, 3.8) is 0 Å². The van der Waals surface area contributed by atoms with Crippen LogP contribution in [0.5, 0.6) is 5.75 Å². The first-order valence-corrected chi connectivity index (χ1v) is 8.07. The van der Waals surface area contributed by atoms with E-state index in [4.69, 9.17) is 0 Å². The average Bonchev–Trinajstić information content (AvgIpc) is 2.77. The zero-order chi connectivity index (χ0) is 17.6. The molecule has 0 fully saturated rings. The molecule has 0 amide bonds. The predicted molar refractivity (Wildman–Crippen MR) is 98.2 cm³/mol. The SMILES string of the molecule is C=CC1NN(c2cc(C(C)(C)C)cc(C(C)(C)C)c2O)N=C1C. The van der Waals surface area contributed by atoms with Gasteiger partial charge in [-0.3, -0.25) is 0 Å². The Kier molecular flexibility index (Phi) is 4.33. The van der Waals surface area contributed by atoms with Gasteiger partial charge >= 0.3 is 0 Å². The minimum atomic E-state index is -0.156. The van der Waals surface area contributed by atoms with E-state index < -0.39 is 0 Å². The molecule has 1 atom stereocenters. The molecule has 126 valence electrons. The second-order valence-electron chi connectivity index (χ2n) is 8.29. The van der Waals surface area contributed by atoms with Gasteiger partial charge in [0.15, 0.2) is 0 Å². The highest BCUT2D eigenvalue weighted by Crippen LogP contribution is 2.42. The van der Waals surface area contributed by atoms with Crippen LogP contribution in [0, 0.1) is 0 Å². The minimum Gasteiger partial charge on any atom is -0.505 e. The topological polar surface area (TPSA) is 47.9 Å². The Hall–Kier alpha value is -1.81. The molecular weight excluding hydrogens is 286 g/mol. The fourth-order valence-electron chi connectivity index (χ4n) is 2.61. The summed E-state index contributed by atoms with van der Waals surface area (Å²) in [5.41, 5.74) is 6.80. The van der Waals surface area contributed by atoms with Crippen LogP contribution in [0.3, 0.4) is 0 Å². The van der Waals surface area contributed by atoms with Crippen molar-refractivity contribution in [2.75, 3.05) is 5.12 Å². The Morgan fingerprint density at radius 2 is 1.78 bits per heavy atom. The molecule has 4 heteroatoms. The van der Waals surface area contributed by atoms with Gasteiger partial charge < -0.3 is 5.11 Å². The number of anilines is 1. The molecule has 4 nitrogen and oxygen atoms in total. The number of benzene rings is 1. The van der Waals surface area contributed by atoms with Crippen LogP contribution in [0.15, 0.2) is 29.9 Å². The zero-order valence-electron chi connectivity index (χ0n) is 15.4. The number of aromatic hydroxyl groups is 1. The summed E-state index contributed by atoms with van der Waals surface area (Å²) < 4.78 is 0. The molecule has 1 aliphatic heterocycles. The van der Waals surface area contributed by atoms with Crippen LogP contribution in [0.25, 0.3) is 0 Å². The first-order valence-electron chi connectivity index (χ1n) is 8.07. The number of rotatable bonds is 2. The number of nitrogens with one attached hydrogen (secondary N) is 1. The van der Waals surface area contributed by atoms with E-state index in [0.717, 1.165) is 11.3 Å². The smallest absolute Gasteiger partial charge is 0.146 e. The lowest BCUT2D eigenvalue weighted by Gasteiger charge is -2.29. The van der Waals surface area contributed by atoms with Crippen LogP contribution < -0.4 is 10.5 Å². The molecule has 1 aliphatic rings. The first-order chi connectivity index (χ1) is 10.4. The molecule has 1 heterocycles. The maximum absolute atomic E-state index is 10.8. The highest BCUT2D eigenvalue weighted by Gasteiger charge is 2.29. The van der Waals surface area contributed by atoms with Gasteiger partial charge in [-0.15, -0.1) is 6.58 Å². The number of nitrogens with zero attached hydrogens (tertiary/aromatic N) is 2. The maximum Gasteiger partial charge on any atom is 0.146 e. The van der Waals surface area contributed by atoms with E-state index in [0.29, 0.717) is 5.69 Å². The van der Waals surface area contributed by atoms with Crippen molar-refractivity contribution in [2.45, 2.75) is 65.3 Å². The molecule has 0 bridgehead atoms.